The predicted octanol–water partition coefficient (Wildman–Crippen LogP) is 4.73. The SMILES string of the molecule is CCCCCc1ccn(C2CCCCC2)c1. The molecule has 0 N–H and O–H groups in total. The highest BCUT2D eigenvalue weighted by molar-refractivity contribution is 5.11. The molecule has 0 saturated heterocycles. The summed E-state index contributed by atoms with van der Waals surface area (Å²) in [6, 6.07) is 3.12. The molecule has 0 unspecified atom stereocenters. The van der Waals surface area contributed by atoms with Gasteiger partial charge < -0.3 is 4.57 Å². The Morgan fingerprint density at radius 3 is 2.75 bits per heavy atom. The number of rotatable bonds is 5. The average molecular weight is 219 g/mol. The second kappa shape index (κ2) is 6.12. The zero-order valence-corrected chi connectivity index (χ0v) is 10.6. The third kappa shape index (κ3) is 3.13. The minimum Gasteiger partial charge on any atom is -0.351 e. The molecule has 0 spiro atoms. The van der Waals surface area contributed by atoms with Crippen molar-refractivity contribution in [1.82, 2.24) is 4.57 Å². The van der Waals surface area contributed by atoms with Crippen LogP contribution in [0.5, 0.6) is 0 Å². The molecule has 16 heavy (non-hydrogen) atoms. The van der Waals surface area contributed by atoms with Crippen molar-refractivity contribution in [2.75, 3.05) is 0 Å². The van der Waals surface area contributed by atoms with Gasteiger partial charge >= 0.3 is 0 Å². The standard InChI is InChI=1S/C15H25N/c1-2-3-5-8-14-11-12-16(13-14)15-9-6-4-7-10-15/h11-13,15H,2-10H2,1H3. The van der Waals surface area contributed by atoms with Crippen molar-refractivity contribution in [3.05, 3.63) is 24.0 Å². The highest BCUT2D eigenvalue weighted by Gasteiger charge is 2.14. The van der Waals surface area contributed by atoms with Gasteiger partial charge in [-0.1, -0.05) is 39.0 Å². The van der Waals surface area contributed by atoms with E-state index in [1.807, 2.05) is 0 Å². The Hall–Kier alpha value is -0.720. The van der Waals surface area contributed by atoms with Crippen LogP contribution in [0.1, 0.15) is 69.9 Å². The Balaban J connectivity index is 1.85. The molecule has 0 bridgehead atoms. The summed E-state index contributed by atoms with van der Waals surface area (Å²) in [5, 5.41) is 0. The zero-order chi connectivity index (χ0) is 11.2. The number of aryl methyl sites for hydroxylation is 1. The van der Waals surface area contributed by atoms with Gasteiger partial charge in [-0.2, -0.15) is 0 Å². The second-order valence-corrected chi connectivity index (χ2v) is 5.22. The van der Waals surface area contributed by atoms with Crippen LogP contribution in [0.3, 0.4) is 0 Å². The zero-order valence-electron chi connectivity index (χ0n) is 10.6. The van der Waals surface area contributed by atoms with Crippen LogP contribution in [0.25, 0.3) is 0 Å². The Morgan fingerprint density at radius 1 is 1.19 bits per heavy atom. The van der Waals surface area contributed by atoms with E-state index in [4.69, 9.17) is 0 Å². The number of nitrogens with zero attached hydrogens (tertiary/aromatic N) is 1. The van der Waals surface area contributed by atoms with Gasteiger partial charge in [-0.15, -0.1) is 0 Å². The molecule has 1 aliphatic rings. The highest BCUT2D eigenvalue weighted by atomic mass is 15.0. The maximum atomic E-state index is 2.47. The summed E-state index contributed by atoms with van der Waals surface area (Å²) in [4.78, 5) is 0. The highest BCUT2D eigenvalue weighted by Crippen LogP contribution is 2.28. The van der Waals surface area contributed by atoms with Crippen LogP contribution in [0, 0.1) is 0 Å². The molecule has 0 atom stereocenters. The minimum absolute atomic E-state index is 0.800. The lowest BCUT2D eigenvalue weighted by Crippen LogP contribution is -2.10. The van der Waals surface area contributed by atoms with Gasteiger partial charge in [-0.25, -0.2) is 0 Å². The third-order valence-corrected chi connectivity index (χ3v) is 3.84. The fourth-order valence-electron chi connectivity index (χ4n) is 2.79. The first-order valence-electron chi connectivity index (χ1n) is 7.06. The van der Waals surface area contributed by atoms with Crippen molar-refractivity contribution in [2.24, 2.45) is 0 Å². The van der Waals surface area contributed by atoms with Crippen LogP contribution < -0.4 is 0 Å². The molecule has 1 aromatic heterocycles. The molecule has 0 amide bonds. The molecule has 1 saturated carbocycles. The van der Waals surface area contributed by atoms with Crippen molar-refractivity contribution < 1.29 is 0 Å². The quantitative estimate of drug-likeness (QED) is 0.631. The van der Waals surface area contributed by atoms with Crippen LogP contribution in [-0.4, -0.2) is 4.57 Å². The van der Waals surface area contributed by atoms with Gasteiger partial charge in [0.2, 0.25) is 0 Å². The van der Waals surface area contributed by atoms with Crippen molar-refractivity contribution in [2.45, 2.75) is 70.8 Å². The summed E-state index contributed by atoms with van der Waals surface area (Å²) in [6.45, 7) is 2.27. The van der Waals surface area contributed by atoms with Crippen molar-refractivity contribution in [1.29, 1.82) is 0 Å². The first kappa shape index (κ1) is 11.8. The Kier molecular flexibility index (Phi) is 4.50. The van der Waals surface area contributed by atoms with Gasteiger partial charge in [0.1, 0.15) is 0 Å². The van der Waals surface area contributed by atoms with E-state index < -0.39 is 0 Å². The Labute approximate surface area is 99.9 Å². The lowest BCUT2D eigenvalue weighted by atomic mass is 9.95. The van der Waals surface area contributed by atoms with Crippen molar-refractivity contribution >= 4 is 0 Å². The molecular formula is C15H25N. The van der Waals surface area contributed by atoms with Crippen LogP contribution in [0.4, 0.5) is 0 Å². The van der Waals surface area contributed by atoms with Gasteiger partial charge in [0.15, 0.2) is 0 Å². The molecule has 0 aromatic carbocycles. The van der Waals surface area contributed by atoms with Crippen LogP contribution in [0.2, 0.25) is 0 Å². The predicted molar refractivity (Wildman–Crippen MR) is 69.8 cm³/mol. The molecule has 1 heterocycles. The minimum atomic E-state index is 0.800. The molecule has 90 valence electrons. The molecule has 1 heteroatoms. The molecule has 1 aromatic rings. The normalized spacial score (nSPS) is 17.8. The molecule has 1 nitrogen and oxygen atoms in total. The smallest absolute Gasteiger partial charge is 0.0330 e. The fourth-order valence-corrected chi connectivity index (χ4v) is 2.79. The van der Waals surface area contributed by atoms with Gasteiger partial charge in [0, 0.05) is 18.4 Å². The maximum absolute atomic E-state index is 2.47. The van der Waals surface area contributed by atoms with Gasteiger partial charge in [0.25, 0.3) is 0 Å². The maximum Gasteiger partial charge on any atom is 0.0330 e. The molecular weight excluding hydrogens is 194 g/mol. The van der Waals surface area contributed by atoms with E-state index >= 15 is 0 Å². The van der Waals surface area contributed by atoms with Crippen LogP contribution in [-0.2, 0) is 6.42 Å². The third-order valence-electron chi connectivity index (χ3n) is 3.84. The number of hydrogen-bond acceptors (Lipinski definition) is 0. The number of aromatic nitrogens is 1. The summed E-state index contributed by atoms with van der Waals surface area (Å²) in [7, 11) is 0. The van der Waals surface area contributed by atoms with E-state index in [1.165, 1.54) is 57.8 Å². The van der Waals surface area contributed by atoms with Gasteiger partial charge in [-0.3, -0.25) is 0 Å². The summed E-state index contributed by atoms with van der Waals surface area (Å²) >= 11 is 0. The first-order valence-corrected chi connectivity index (χ1v) is 7.06. The Morgan fingerprint density at radius 2 is 2.00 bits per heavy atom. The summed E-state index contributed by atoms with van der Waals surface area (Å²) < 4.78 is 2.47. The Bertz CT molecular complexity index is 294. The largest absolute Gasteiger partial charge is 0.351 e. The van der Waals surface area contributed by atoms with Gasteiger partial charge in [-0.05, 0) is 37.3 Å². The molecule has 0 aliphatic heterocycles. The molecule has 1 aliphatic carbocycles. The molecule has 0 radical (unpaired) electrons. The monoisotopic (exact) mass is 219 g/mol. The molecule has 2 rings (SSSR count). The summed E-state index contributed by atoms with van der Waals surface area (Å²) in [6.07, 6.45) is 17.1. The lowest BCUT2D eigenvalue weighted by molar-refractivity contribution is 0.354. The van der Waals surface area contributed by atoms with E-state index in [2.05, 4.69) is 30.0 Å². The van der Waals surface area contributed by atoms with E-state index in [0.717, 1.165) is 6.04 Å². The van der Waals surface area contributed by atoms with E-state index in [9.17, 15) is 0 Å². The topological polar surface area (TPSA) is 4.93 Å². The molecule has 1 fully saturated rings. The van der Waals surface area contributed by atoms with Crippen LogP contribution >= 0.6 is 0 Å². The summed E-state index contributed by atoms with van der Waals surface area (Å²) in [5.74, 6) is 0. The van der Waals surface area contributed by atoms with E-state index in [1.54, 1.807) is 5.56 Å². The number of hydrogen-bond donors (Lipinski definition) is 0. The summed E-state index contributed by atoms with van der Waals surface area (Å²) in [5.41, 5.74) is 1.54. The first-order chi connectivity index (χ1) is 7.90. The van der Waals surface area contributed by atoms with Crippen molar-refractivity contribution in [3.63, 3.8) is 0 Å². The fraction of sp³-hybridized carbons (Fsp3) is 0.733. The van der Waals surface area contributed by atoms with E-state index in [0.29, 0.717) is 0 Å². The van der Waals surface area contributed by atoms with E-state index in [-0.39, 0.29) is 0 Å². The average Bonchev–Trinajstić information content (AvgIpc) is 2.79. The van der Waals surface area contributed by atoms with Crippen molar-refractivity contribution in [3.8, 4) is 0 Å². The van der Waals surface area contributed by atoms with Crippen LogP contribution in [0.15, 0.2) is 18.5 Å². The number of unbranched alkanes of at least 4 members (excludes halogenated alkanes) is 2. The van der Waals surface area contributed by atoms with Gasteiger partial charge in [0.05, 0.1) is 0 Å². The lowest BCUT2D eigenvalue weighted by Gasteiger charge is -2.23. The second-order valence-electron chi connectivity index (χ2n) is 5.22.